The Morgan fingerprint density at radius 2 is 1.84 bits per heavy atom. The Kier molecular flexibility index (Phi) is 8.82. The molecule has 4 heterocycles. The highest BCUT2D eigenvalue weighted by atomic mass is 19.1. The predicted molar refractivity (Wildman–Crippen MR) is 188 cm³/mol. The maximum absolute atomic E-state index is 14.9. The van der Waals surface area contributed by atoms with Crippen molar-refractivity contribution in [2.75, 3.05) is 32.6 Å². The topological polar surface area (TPSA) is 125 Å². The Labute approximate surface area is 282 Å². The maximum atomic E-state index is 14.9. The lowest BCUT2D eigenvalue weighted by atomic mass is 10.0. The molecule has 7 rings (SSSR count). The molecule has 0 spiro atoms. The molecule has 0 atom stereocenters. The van der Waals surface area contributed by atoms with Crippen molar-refractivity contribution in [1.29, 1.82) is 0 Å². The van der Waals surface area contributed by atoms with Crippen molar-refractivity contribution in [2.45, 2.75) is 19.8 Å². The van der Waals surface area contributed by atoms with E-state index >= 15 is 0 Å². The third-order valence-corrected chi connectivity index (χ3v) is 8.22. The van der Waals surface area contributed by atoms with Crippen LogP contribution in [0.3, 0.4) is 0 Å². The SMILES string of the molecule is CC1=CC=C(c2cc(F)cc(OCCN(C)C)c2)c2nc(-c3[nH]nc4ncc(-c5cncc(NC(=O)Cc6ccccc6)c5)cc34)[nH]c2C1. The van der Waals surface area contributed by atoms with E-state index in [-0.39, 0.29) is 18.1 Å². The summed E-state index contributed by atoms with van der Waals surface area (Å²) in [5, 5.41) is 11.3. The highest BCUT2D eigenvalue weighted by Gasteiger charge is 2.22. The first kappa shape index (κ1) is 31.6. The number of aromatic nitrogens is 6. The van der Waals surface area contributed by atoms with Crippen molar-refractivity contribution in [1.82, 2.24) is 35.0 Å². The number of imidazole rings is 1. The molecule has 1 aliphatic carbocycles. The molecule has 0 radical (unpaired) electrons. The molecule has 11 heteroatoms. The number of hydrogen-bond acceptors (Lipinski definition) is 7. The van der Waals surface area contributed by atoms with Crippen molar-refractivity contribution in [3.05, 3.63) is 125 Å². The molecule has 246 valence electrons. The monoisotopic (exact) mass is 654 g/mol. The first-order valence-electron chi connectivity index (χ1n) is 16.0. The van der Waals surface area contributed by atoms with Gasteiger partial charge < -0.3 is 19.9 Å². The zero-order valence-corrected chi connectivity index (χ0v) is 27.4. The molecule has 0 fully saturated rings. The Morgan fingerprint density at radius 3 is 2.67 bits per heavy atom. The molecule has 49 heavy (non-hydrogen) atoms. The molecule has 2 aromatic carbocycles. The van der Waals surface area contributed by atoms with E-state index in [0.29, 0.717) is 53.7 Å². The molecular weight excluding hydrogens is 619 g/mol. The highest BCUT2D eigenvalue weighted by Crippen LogP contribution is 2.35. The van der Waals surface area contributed by atoms with Gasteiger partial charge in [-0.3, -0.25) is 14.9 Å². The summed E-state index contributed by atoms with van der Waals surface area (Å²) in [6.07, 6.45) is 10.0. The molecule has 4 aromatic heterocycles. The number of aromatic amines is 2. The standard InChI is InChI=1S/C38H35FN8O2/c1-23-9-10-31(25-15-28(39)19-30(17-25)49-12-11-47(2)3)35-33(13-23)43-38(44-35)36-32-18-27(21-41-37(32)46-45-36)26-16-29(22-40-20-26)42-34(48)14-24-7-5-4-6-8-24/h4-10,15-22H,11-14H2,1-3H3,(H,42,48)(H,43,44)(H,41,45,46). The van der Waals surface area contributed by atoms with Gasteiger partial charge in [-0.05, 0) is 56.4 Å². The van der Waals surface area contributed by atoms with E-state index in [1.54, 1.807) is 18.6 Å². The van der Waals surface area contributed by atoms with Gasteiger partial charge in [-0.25, -0.2) is 14.4 Å². The number of H-pyrrole nitrogens is 2. The molecule has 10 nitrogen and oxygen atoms in total. The van der Waals surface area contributed by atoms with Gasteiger partial charge in [0.05, 0.1) is 29.4 Å². The molecule has 1 amide bonds. The number of hydrogen-bond donors (Lipinski definition) is 3. The van der Waals surface area contributed by atoms with Crippen LogP contribution >= 0.6 is 0 Å². The number of amides is 1. The normalized spacial score (nSPS) is 12.8. The van der Waals surface area contributed by atoms with E-state index < -0.39 is 0 Å². The Hall–Kier alpha value is -5.94. The molecule has 0 aliphatic heterocycles. The molecule has 0 unspecified atom stereocenters. The maximum Gasteiger partial charge on any atom is 0.228 e. The minimum atomic E-state index is -0.381. The fraction of sp³-hybridized carbons (Fsp3) is 0.184. The average molecular weight is 655 g/mol. The Bertz CT molecular complexity index is 2220. The summed E-state index contributed by atoms with van der Waals surface area (Å²) in [4.78, 5) is 32.2. The first-order valence-corrected chi connectivity index (χ1v) is 16.0. The third kappa shape index (κ3) is 7.16. The van der Waals surface area contributed by atoms with Gasteiger partial charge in [0, 0.05) is 53.8 Å². The van der Waals surface area contributed by atoms with Crippen LogP contribution in [0.4, 0.5) is 10.1 Å². The van der Waals surface area contributed by atoms with Crippen molar-refractivity contribution in [3.8, 4) is 28.4 Å². The molecule has 0 bridgehead atoms. The smallest absolute Gasteiger partial charge is 0.228 e. The van der Waals surface area contributed by atoms with Gasteiger partial charge in [-0.2, -0.15) is 5.10 Å². The summed E-state index contributed by atoms with van der Waals surface area (Å²) >= 11 is 0. The molecular formula is C38H35FN8O2. The van der Waals surface area contributed by atoms with Crippen molar-refractivity contribution in [2.24, 2.45) is 0 Å². The number of likely N-dealkylation sites (N-methyl/N-ethyl adjacent to an activating group) is 1. The third-order valence-electron chi connectivity index (χ3n) is 8.22. The fourth-order valence-corrected chi connectivity index (χ4v) is 5.79. The van der Waals surface area contributed by atoms with Gasteiger partial charge in [-0.15, -0.1) is 0 Å². The van der Waals surface area contributed by atoms with E-state index in [1.807, 2.05) is 79.7 Å². The van der Waals surface area contributed by atoms with Crippen molar-refractivity contribution in [3.63, 3.8) is 0 Å². The van der Waals surface area contributed by atoms with Crippen LogP contribution in [0.2, 0.25) is 0 Å². The number of nitrogens with one attached hydrogen (secondary N) is 3. The number of nitrogens with zero attached hydrogens (tertiary/aromatic N) is 5. The number of ether oxygens (including phenoxy) is 1. The number of anilines is 1. The lowest BCUT2D eigenvalue weighted by Crippen LogP contribution is -2.19. The number of fused-ring (bicyclic) bond motifs is 2. The van der Waals surface area contributed by atoms with Gasteiger partial charge in [-0.1, -0.05) is 48.1 Å². The number of benzene rings is 2. The lowest BCUT2D eigenvalue weighted by molar-refractivity contribution is -0.115. The van der Waals surface area contributed by atoms with Crippen LogP contribution < -0.4 is 10.1 Å². The number of pyridine rings is 2. The summed E-state index contributed by atoms with van der Waals surface area (Å²) in [5.41, 5.74) is 8.53. The fourth-order valence-electron chi connectivity index (χ4n) is 5.79. The van der Waals surface area contributed by atoms with Crippen LogP contribution in [0.1, 0.15) is 29.4 Å². The van der Waals surface area contributed by atoms with Gasteiger partial charge in [0.1, 0.15) is 23.9 Å². The van der Waals surface area contributed by atoms with Crippen LogP contribution in [-0.2, 0) is 17.6 Å². The molecule has 1 aliphatic rings. The number of halogens is 1. The molecule has 0 saturated carbocycles. The summed E-state index contributed by atoms with van der Waals surface area (Å²) in [6.45, 7) is 3.21. The largest absolute Gasteiger partial charge is 0.492 e. The number of allylic oxidation sites excluding steroid dienone is 3. The van der Waals surface area contributed by atoms with E-state index in [1.165, 1.54) is 12.1 Å². The second-order valence-corrected chi connectivity index (χ2v) is 12.4. The zero-order valence-electron chi connectivity index (χ0n) is 27.4. The van der Waals surface area contributed by atoms with Gasteiger partial charge in [0.2, 0.25) is 5.91 Å². The van der Waals surface area contributed by atoms with Crippen LogP contribution in [0, 0.1) is 5.82 Å². The van der Waals surface area contributed by atoms with E-state index in [0.717, 1.165) is 44.6 Å². The first-order chi connectivity index (χ1) is 23.8. The zero-order chi connectivity index (χ0) is 33.9. The summed E-state index contributed by atoms with van der Waals surface area (Å²) in [5.74, 6) is 0.546. The Morgan fingerprint density at radius 1 is 1.00 bits per heavy atom. The quantitative estimate of drug-likeness (QED) is 0.152. The minimum Gasteiger partial charge on any atom is -0.492 e. The second-order valence-electron chi connectivity index (χ2n) is 12.4. The van der Waals surface area contributed by atoms with E-state index in [9.17, 15) is 9.18 Å². The minimum absolute atomic E-state index is 0.127. The lowest BCUT2D eigenvalue weighted by Gasteiger charge is -2.13. The number of rotatable bonds is 10. The molecule has 0 saturated heterocycles. The second kappa shape index (κ2) is 13.7. The Balaban J connectivity index is 1.18. The van der Waals surface area contributed by atoms with Crippen molar-refractivity contribution >= 4 is 28.2 Å². The number of carbonyl (C=O) groups is 1. The van der Waals surface area contributed by atoms with Gasteiger partial charge in [0.15, 0.2) is 11.5 Å². The van der Waals surface area contributed by atoms with Crippen LogP contribution in [0.25, 0.3) is 39.3 Å². The summed E-state index contributed by atoms with van der Waals surface area (Å²) in [7, 11) is 3.93. The predicted octanol–water partition coefficient (Wildman–Crippen LogP) is 6.60. The van der Waals surface area contributed by atoms with Gasteiger partial charge >= 0.3 is 0 Å². The van der Waals surface area contributed by atoms with E-state index in [4.69, 9.17) is 9.72 Å². The molecule has 3 N–H and O–H groups in total. The van der Waals surface area contributed by atoms with Crippen LogP contribution in [0.5, 0.6) is 5.75 Å². The van der Waals surface area contributed by atoms with Crippen LogP contribution in [-0.4, -0.2) is 68.2 Å². The summed E-state index contributed by atoms with van der Waals surface area (Å²) < 4.78 is 20.8. The molecule has 6 aromatic rings. The summed E-state index contributed by atoms with van der Waals surface area (Å²) in [6, 6.07) is 18.2. The van der Waals surface area contributed by atoms with Crippen LogP contribution in [0.15, 0.2) is 97.0 Å². The number of carbonyl (C=O) groups excluding carboxylic acids is 1. The highest BCUT2D eigenvalue weighted by molar-refractivity contribution is 5.94. The van der Waals surface area contributed by atoms with Gasteiger partial charge in [0.25, 0.3) is 0 Å². The average Bonchev–Trinajstić information content (AvgIpc) is 3.65. The van der Waals surface area contributed by atoms with E-state index in [2.05, 4.69) is 37.4 Å². The van der Waals surface area contributed by atoms with Crippen molar-refractivity contribution < 1.29 is 13.9 Å².